The van der Waals surface area contributed by atoms with Crippen LogP contribution in [0.3, 0.4) is 0 Å². The number of hydrogen-bond acceptors (Lipinski definition) is 5. The van der Waals surface area contributed by atoms with E-state index in [1.54, 1.807) is 6.92 Å². The molecular formula is C13H17N3O2S. The molecule has 0 aliphatic heterocycles. The van der Waals surface area contributed by atoms with Crippen LogP contribution in [0.1, 0.15) is 33.7 Å². The number of thiazole rings is 1. The van der Waals surface area contributed by atoms with Crippen molar-refractivity contribution < 1.29 is 9.53 Å². The maximum Gasteiger partial charge on any atom is 0.358 e. The highest BCUT2D eigenvalue weighted by molar-refractivity contribution is 7.15. The molecule has 0 unspecified atom stereocenters. The Bertz CT molecular complexity index is 628. The third kappa shape index (κ3) is 2.40. The second-order valence-corrected chi connectivity index (χ2v) is 5.52. The summed E-state index contributed by atoms with van der Waals surface area (Å²) >= 11 is 1.50. The van der Waals surface area contributed by atoms with Crippen LogP contribution >= 0.6 is 11.3 Å². The molecule has 0 bridgehead atoms. The normalized spacial score (nSPS) is 10.8. The van der Waals surface area contributed by atoms with E-state index in [-0.39, 0.29) is 5.97 Å². The van der Waals surface area contributed by atoms with Crippen molar-refractivity contribution in [3.63, 3.8) is 0 Å². The molecule has 0 saturated heterocycles. The fourth-order valence-corrected chi connectivity index (χ4v) is 3.03. The van der Waals surface area contributed by atoms with Gasteiger partial charge in [0, 0.05) is 17.6 Å². The maximum atomic E-state index is 11.8. The number of carbonyl (C=O) groups excluding carboxylic acids is 1. The third-order valence-corrected chi connectivity index (χ3v) is 3.98. The van der Waals surface area contributed by atoms with Gasteiger partial charge >= 0.3 is 5.97 Å². The second-order valence-electron chi connectivity index (χ2n) is 4.31. The zero-order chi connectivity index (χ0) is 14.2. The van der Waals surface area contributed by atoms with Crippen molar-refractivity contribution in [2.24, 2.45) is 7.05 Å². The summed E-state index contributed by atoms with van der Waals surface area (Å²) in [6.45, 7) is 7.97. The Morgan fingerprint density at radius 1 is 1.37 bits per heavy atom. The highest BCUT2D eigenvalue weighted by atomic mass is 32.1. The first-order valence-electron chi connectivity index (χ1n) is 6.10. The highest BCUT2D eigenvalue weighted by Crippen LogP contribution is 2.32. The van der Waals surface area contributed by atoms with Gasteiger partial charge in [0.1, 0.15) is 5.01 Å². The zero-order valence-electron chi connectivity index (χ0n) is 11.8. The lowest BCUT2D eigenvalue weighted by Gasteiger charge is -1.98. The average Bonchev–Trinajstić information content (AvgIpc) is 2.81. The summed E-state index contributed by atoms with van der Waals surface area (Å²) in [7, 11) is 1.90. The maximum absolute atomic E-state index is 11.8. The van der Waals surface area contributed by atoms with Crippen LogP contribution in [0.4, 0.5) is 0 Å². The number of aromatic nitrogens is 3. The molecule has 0 aromatic carbocycles. The predicted molar refractivity (Wildman–Crippen MR) is 74.5 cm³/mol. The molecule has 5 nitrogen and oxygen atoms in total. The van der Waals surface area contributed by atoms with Gasteiger partial charge in [-0.2, -0.15) is 5.10 Å². The molecular weight excluding hydrogens is 262 g/mol. The van der Waals surface area contributed by atoms with Gasteiger partial charge in [-0.25, -0.2) is 9.78 Å². The van der Waals surface area contributed by atoms with Gasteiger partial charge in [-0.1, -0.05) is 0 Å². The molecule has 2 aromatic heterocycles. The van der Waals surface area contributed by atoms with E-state index in [1.807, 2.05) is 32.5 Å². The van der Waals surface area contributed by atoms with Crippen LogP contribution in [-0.2, 0) is 11.8 Å². The van der Waals surface area contributed by atoms with Crippen molar-refractivity contribution in [3.8, 4) is 10.6 Å². The first kappa shape index (κ1) is 13.7. The van der Waals surface area contributed by atoms with E-state index in [1.165, 1.54) is 11.3 Å². The molecule has 0 atom stereocenters. The average molecular weight is 279 g/mol. The minimum atomic E-state index is -0.360. The second kappa shape index (κ2) is 5.13. The fraction of sp³-hybridized carbons (Fsp3) is 0.462. The number of ether oxygens (including phenoxy) is 1. The molecule has 6 heteroatoms. The Morgan fingerprint density at radius 2 is 2.05 bits per heavy atom. The molecule has 0 radical (unpaired) electrons. The smallest absolute Gasteiger partial charge is 0.358 e. The molecule has 102 valence electrons. The fourth-order valence-electron chi connectivity index (χ4n) is 1.98. The number of carbonyl (C=O) groups is 1. The number of rotatable bonds is 3. The molecule has 0 amide bonds. The van der Waals surface area contributed by atoms with Gasteiger partial charge < -0.3 is 4.74 Å². The Kier molecular flexibility index (Phi) is 3.71. The number of esters is 1. The summed E-state index contributed by atoms with van der Waals surface area (Å²) in [5, 5.41) is 5.20. The van der Waals surface area contributed by atoms with Gasteiger partial charge in [0.2, 0.25) is 0 Å². The van der Waals surface area contributed by atoms with Gasteiger partial charge in [0.15, 0.2) is 5.69 Å². The van der Waals surface area contributed by atoms with Crippen LogP contribution in [-0.4, -0.2) is 27.3 Å². The summed E-state index contributed by atoms with van der Waals surface area (Å²) in [6, 6.07) is 0. The number of hydrogen-bond donors (Lipinski definition) is 0. The van der Waals surface area contributed by atoms with Crippen molar-refractivity contribution in [2.45, 2.75) is 27.7 Å². The van der Waals surface area contributed by atoms with Crippen molar-refractivity contribution in [1.82, 2.24) is 14.8 Å². The highest BCUT2D eigenvalue weighted by Gasteiger charge is 2.21. The summed E-state index contributed by atoms with van der Waals surface area (Å²) in [4.78, 5) is 17.1. The van der Waals surface area contributed by atoms with E-state index < -0.39 is 0 Å². The van der Waals surface area contributed by atoms with E-state index in [9.17, 15) is 4.79 Å². The third-order valence-electron chi connectivity index (χ3n) is 2.99. The SMILES string of the molecule is CCOC(=O)c1nc(-c2c(C)nn(C)c2C)sc1C. The van der Waals surface area contributed by atoms with Crippen LogP contribution in [0.25, 0.3) is 10.6 Å². The van der Waals surface area contributed by atoms with Crippen molar-refractivity contribution in [1.29, 1.82) is 0 Å². The summed E-state index contributed by atoms with van der Waals surface area (Å²) < 4.78 is 6.83. The quantitative estimate of drug-likeness (QED) is 0.810. The summed E-state index contributed by atoms with van der Waals surface area (Å²) in [6.07, 6.45) is 0. The monoisotopic (exact) mass is 279 g/mol. The molecule has 0 saturated carbocycles. The van der Waals surface area contributed by atoms with Crippen LogP contribution in [0.15, 0.2) is 0 Å². The molecule has 0 aliphatic rings. The molecule has 0 spiro atoms. The first-order valence-corrected chi connectivity index (χ1v) is 6.92. The van der Waals surface area contributed by atoms with E-state index in [0.29, 0.717) is 12.3 Å². The topological polar surface area (TPSA) is 57.0 Å². The Hall–Kier alpha value is -1.69. The van der Waals surface area contributed by atoms with Crippen LogP contribution in [0, 0.1) is 20.8 Å². The van der Waals surface area contributed by atoms with E-state index in [0.717, 1.165) is 26.8 Å². The number of aryl methyl sites for hydroxylation is 3. The van der Waals surface area contributed by atoms with E-state index >= 15 is 0 Å². The summed E-state index contributed by atoms with van der Waals surface area (Å²) in [5.41, 5.74) is 3.38. The molecule has 2 rings (SSSR count). The van der Waals surface area contributed by atoms with Crippen LogP contribution in [0.5, 0.6) is 0 Å². The van der Waals surface area contributed by atoms with Crippen LogP contribution < -0.4 is 0 Å². The molecule has 2 aromatic rings. The largest absolute Gasteiger partial charge is 0.461 e. The lowest BCUT2D eigenvalue weighted by Crippen LogP contribution is -2.06. The molecule has 19 heavy (non-hydrogen) atoms. The summed E-state index contributed by atoms with van der Waals surface area (Å²) in [5.74, 6) is -0.360. The zero-order valence-corrected chi connectivity index (χ0v) is 12.6. The predicted octanol–water partition coefficient (Wildman–Crippen LogP) is 2.65. The minimum absolute atomic E-state index is 0.357. The van der Waals surface area contributed by atoms with Gasteiger partial charge in [-0.15, -0.1) is 11.3 Å². The van der Waals surface area contributed by atoms with Gasteiger partial charge in [0.05, 0.1) is 17.9 Å². The standard InChI is InChI=1S/C13H17N3O2S/c1-6-18-13(17)11-9(4)19-12(14-11)10-7(2)15-16(5)8(10)3/h6H2,1-5H3. The molecule has 0 fully saturated rings. The Morgan fingerprint density at radius 3 is 2.58 bits per heavy atom. The van der Waals surface area contributed by atoms with Gasteiger partial charge in [-0.05, 0) is 27.7 Å². The van der Waals surface area contributed by atoms with Crippen LogP contribution in [0.2, 0.25) is 0 Å². The Balaban J connectivity index is 2.48. The first-order chi connectivity index (χ1) is 8.95. The van der Waals surface area contributed by atoms with Crippen molar-refractivity contribution >= 4 is 17.3 Å². The molecule has 0 aliphatic carbocycles. The minimum Gasteiger partial charge on any atom is -0.461 e. The lowest BCUT2D eigenvalue weighted by molar-refractivity contribution is 0.0519. The van der Waals surface area contributed by atoms with Gasteiger partial charge in [0.25, 0.3) is 0 Å². The Labute approximate surface area is 116 Å². The van der Waals surface area contributed by atoms with Crippen molar-refractivity contribution in [2.75, 3.05) is 6.61 Å². The van der Waals surface area contributed by atoms with Crippen molar-refractivity contribution in [3.05, 3.63) is 22.0 Å². The van der Waals surface area contributed by atoms with E-state index in [4.69, 9.17) is 4.74 Å². The lowest BCUT2D eigenvalue weighted by atomic mass is 10.2. The number of nitrogens with zero attached hydrogens (tertiary/aromatic N) is 3. The van der Waals surface area contributed by atoms with Gasteiger partial charge in [-0.3, -0.25) is 4.68 Å². The molecule has 0 N–H and O–H groups in total. The molecule has 2 heterocycles. The van der Waals surface area contributed by atoms with E-state index in [2.05, 4.69) is 10.1 Å².